The molecule has 0 atom stereocenters. The summed E-state index contributed by atoms with van der Waals surface area (Å²) in [5, 5.41) is 2.28. The van der Waals surface area contributed by atoms with Crippen molar-refractivity contribution in [1.82, 2.24) is 0 Å². The van der Waals surface area contributed by atoms with Crippen molar-refractivity contribution in [1.29, 1.82) is 0 Å². The number of benzene rings is 6. The summed E-state index contributed by atoms with van der Waals surface area (Å²) >= 11 is 3.60. The van der Waals surface area contributed by atoms with Crippen molar-refractivity contribution in [3.05, 3.63) is 150 Å². The van der Waals surface area contributed by atoms with Crippen LogP contribution in [0.2, 0.25) is 0 Å². The summed E-state index contributed by atoms with van der Waals surface area (Å²) in [7, 11) is 0. The lowest BCUT2D eigenvalue weighted by molar-refractivity contribution is 0.670. The lowest BCUT2D eigenvalue weighted by Crippen LogP contribution is -2.11. The van der Waals surface area contributed by atoms with Gasteiger partial charge in [0.15, 0.2) is 0 Å². The molecule has 0 spiro atoms. The summed E-state index contributed by atoms with van der Waals surface area (Å²) in [5.41, 5.74) is 9.71. The maximum atomic E-state index is 6.32. The fourth-order valence-corrected chi connectivity index (χ4v) is 5.58. The number of furan rings is 1. The van der Waals surface area contributed by atoms with Crippen molar-refractivity contribution in [2.24, 2.45) is 0 Å². The van der Waals surface area contributed by atoms with Crippen LogP contribution in [0.25, 0.3) is 44.2 Å². The van der Waals surface area contributed by atoms with Gasteiger partial charge in [0.2, 0.25) is 0 Å². The van der Waals surface area contributed by atoms with Crippen LogP contribution in [0.5, 0.6) is 0 Å². The van der Waals surface area contributed by atoms with Crippen LogP contribution < -0.4 is 4.90 Å². The van der Waals surface area contributed by atoms with E-state index in [0.29, 0.717) is 0 Å². The second-order valence-electron chi connectivity index (χ2n) is 9.52. The second-order valence-corrected chi connectivity index (χ2v) is 10.4. The SMILES string of the molecule is Brc1ccc(N(c2ccc(-c3cccc4c3oc3ccccc34)cc2)c2ccccc2-c2ccccc2)cc1. The van der Waals surface area contributed by atoms with Crippen molar-refractivity contribution in [3.63, 3.8) is 0 Å². The number of anilines is 3. The van der Waals surface area contributed by atoms with Crippen molar-refractivity contribution in [2.45, 2.75) is 0 Å². The van der Waals surface area contributed by atoms with Crippen LogP contribution in [-0.4, -0.2) is 0 Å². The van der Waals surface area contributed by atoms with Gasteiger partial charge in [-0.15, -0.1) is 0 Å². The molecule has 7 aromatic rings. The molecule has 6 aromatic carbocycles. The number of hydrogen-bond donors (Lipinski definition) is 0. The Morgan fingerprint density at radius 1 is 0.462 bits per heavy atom. The number of hydrogen-bond acceptors (Lipinski definition) is 2. The van der Waals surface area contributed by atoms with Crippen LogP contribution in [0.4, 0.5) is 17.1 Å². The molecule has 0 aliphatic carbocycles. The first-order chi connectivity index (χ1) is 19.3. The summed E-state index contributed by atoms with van der Waals surface area (Å²) in [6, 6.07) is 51.0. The lowest BCUT2D eigenvalue weighted by Gasteiger charge is -2.28. The zero-order valence-corrected chi connectivity index (χ0v) is 22.7. The van der Waals surface area contributed by atoms with Gasteiger partial charge in [-0.05, 0) is 59.7 Å². The molecule has 3 heteroatoms. The molecule has 7 rings (SSSR count). The average Bonchev–Trinajstić information content (AvgIpc) is 3.38. The van der Waals surface area contributed by atoms with Gasteiger partial charge in [-0.25, -0.2) is 0 Å². The van der Waals surface area contributed by atoms with E-state index < -0.39 is 0 Å². The minimum atomic E-state index is 0.913. The quantitative estimate of drug-likeness (QED) is 0.206. The van der Waals surface area contributed by atoms with Crippen molar-refractivity contribution in [2.75, 3.05) is 4.90 Å². The molecule has 0 radical (unpaired) electrons. The highest BCUT2D eigenvalue weighted by Crippen LogP contribution is 2.42. The van der Waals surface area contributed by atoms with E-state index >= 15 is 0 Å². The van der Waals surface area contributed by atoms with Gasteiger partial charge >= 0.3 is 0 Å². The Morgan fingerprint density at radius 3 is 1.85 bits per heavy atom. The fraction of sp³-hybridized carbons (Fsp3) is 0. The fourth-order valence-electron chi connectivity index (χ4n) is 5.31. The first kappa shape index (κ1) is 23.5. The molecular weight excluding hydrogens is 542 g/mol. The minimum Gasteiger partial charge on any atom is -0.455 e. The van der Waals surface area contributed by atoms with Crippen molar-refractivity contribution >= 4 is 54.9 Å². The molecule has 39 heavy (non-hydrogen) atoms. The highest BCUT2D eigenvalue weighted by atomic mass is 79.9. The number of rotatable bonds is 5. The van der Waals surface area contributed by atoms with Crippen LogP contribution >= 0.6 is 15.9 Å². The third-order valence-corrected chi connectivity index (χ3v) is 7.68. The van der Waals surface area contributed by atoms with E-state index in [1.54, 1.807) is 0 Å². The number of para-hydroxylation sites is 3. The normalized spacial score (nSPS) is 11.2. The summed E-state index contributed by atoms with van der Waals surface area (Å²) in [6.07, 6.45) is 0. The second kappa shape index (κ2) is 9.94. The molecule has 0 saturated carbocycles. The molecule has 2 nitrogen and oxygen atoms in total. The molecule has 0 aliphatic heterocycles. The zero-order valence-electron chi connectivity index (χ0n) is 21.1. The molecule has 1 heterocycles. The number of nitrogens with zero attached hydrogens (tertiary/aromatic N) is 1. The van der Waals surface area contributed by atoms with E-state index in [2.05, 4.69) is 154 Å². The summed E-state index contributed by atoms with van der Waals surface area (Å²) in [5.74, 6) is 0. The summed E-state index contributed by atoms with van der Waals surface area (Å²) < 4.78 is 7.37. The Morgan fingerprint density at radius 2 is 1.05 bits per heavy atom. The number of fused-ring (bicyclic) bond motifs is 3. The zero-order chi connectivity index (χ0) is 26.2. The Bertz CT molecular complexity index is 1910. The van der Waals surface area contributed by atoms with Crippen LogP contribution in [0.1, 0.15) is 0 Å². The molecule has 0 N–H and O–H groups in total. The van der Waals surface area contributed by atoms with Gasteiger partial charge in [-0.3, -0.25) is 0 Å². The Labute approximate surface area is 235 Å². The smallest absolute Gasteiger partial charge is 0.143 e. The predicted octanol–water partition coefficient (Wildman–Crippen LogP) is 11.2. The first-order valence-corrected chi connectivity index (χ1v) is 13.8. The van der Waals surface area contributed by atoms with Crippen LogP contribution in [0.3, 0.4) is 0 Å². The highest BCUT2D eigenvalue weighted by molar-refractivity contribution is 9.10. The third kappa shape index (κ3) is 4.31. The Balaban J connectivity index is 1.36. The van der Waals surface area contributed by atoms with Gasteiger partial charge in [0, 0.05) is 37.7 Å². The highest BCUT2D eigenvalue weighted by Gasteiger charge is 2.18. The van der Waals surface area contributed by atoms with E-state index in [1.807, 2.05) is 12.1 Å². The number of halogens is 1. The van der Waals surface area contributed by atoms with Crippen molar-refractivity contribution in [3.8, 4) is 22.3 Å². The summed E-state index contributed by atoms with van der Waals surface area (Å²) in [6.45, 7) is 0. The predicted molar refractivity (Wildman–Crippen MR) is 167 cm³/mol. The van der Waals surface area contributed by atoms with Gasteiger partial charge in [-0.2, -0.15) is 0 Å². The van der Waals surface area contributed by atoms with E-state index in [0.717, 1.165) is 54.6 Å². The Hall–Kier alpha value is -4.60. The maximum Gasteiger partial charge on any atom is 0.143 e. The Kier molecular flexibility index (Phi) is 5.99. The van der Waals surface area contributed by atoms with Crippen LogP contribution in [0.15, 0.2) is 154 Å². The van der Waals surface area contributed by atoms with Gasteiger partial charge in [0.05, 0.1) is 5.69 Å². The molecule has 0 saturated heterocycles. The van der Waals surface area contributed by atoms with Gasteiger partial charge < -0.3 is 9.32 Å². The first-order valence-electron chi connectivity index (χ1n) is 13.0. The monoisotopic (exact) mass is 565 g/mol. The van der Waals surface area contributed by atoms with E-state index in [1.165, 1.54) is 11.1 Å². The van der Waals surface area contributed by atoms with Crippen LogP contribution in [0, 0.1) is 0 Å². The standard InChI is InChI=1S/C36H24BrNO/c37-27-19-23-29(24-20-27)38(34-15-6-4-11-30(34)25-9-2-1-3-10-25)28-21-17-26(18-22-28)31-13-8-14-33-32-12-5-7-16-35(32)39-36(31)33/h1-24H. The molecule has 1 aromatic heterocycles. The molecular formula is C36H24BrNO. The van der Waals surface area contributed by atoms with Crippen molar-refractivity contribution < 1.29 is 4.42 Å². The minimum absolute atomic E-state index is 0.913. The molecule has 0 amide bonds. The lowest BCUT2D eigenvalue weighted by atomic mass is 10.00. The van der Waals surface area contributed by atoms with Gasteiger partial charge in [0.1, 0.15) is 11.2 Å². The molecule has 186 valence electrons. The van der Waals surface area contributed by atoms with E-state index in [9.17, 15) is 0 Å². The molecule has 0 bridgehead atoms. The average molecular weight is 566 g/mol. The maximum absolute atomic E-state index is 6.32. The topological polar surface area (TPSA) is 16.4 Å². The van der Waals surface area contributed by atoms with Gasteiger partial charge in [-0.1, -0.05) is 113 Å². The van der Waals surface area contributed by atoms with Crippen LogP contribution in [-0.2, 0) is 0 Å². The van der Waals surface area contributed by atoms with E-state index in [4.69, 9.17) is 4.42 Å². The molecule has 0 fully saturated rings. The molecule has 0 aliphatic rings. The third-order valence-electron chi connectivity index (χ3n) is 7.16. The van der Waals surface area contributed by atoms with Gasteiger partial charge in [0.25, 0.3) is 0 Å². The largest absolute Gasteiger partial charge is 0.455 e. The molecule has 0 unspecified atom stereocenters. The summed E-state index contributed by atoms with van der Waals surface area (Å²) in [4.78, 5) is 2.32. The van der Waals surface area contributed by atoms with E-state index in [-0.39, 0.29) is 0 Å².